The van der Waals surface area contributed by atoms with E-state index in [4.69, 9.17) is 11.6 Å². The van der Waals surface area contributed by atoms with Gasteiger partial charge < -0.3 is 20.5 Å². The third-order valence-corrected chi connectivity index (χ3v) is 7.02. The van der Waals surface area contributed by atoms with Crippen molar-refractivity contribution >= 4 is 47.2 Å². The number of nitrogens with one attached hydrogen (secondary N) is 3. The fourth-order valence-corrected chi connectivity index (χ4v) is 4.95. The molecular weight excluding hydrogens is 417 g/mol. The minimum Gasteiger partial charge on any atom is -0.338 e. The molecule has 2 heterocycles. The van der Waals surface area contributed by atoms with Gasteiger partial charge >= 0.3 is 0 Å². The molecule has 0 aliphatic carbocycles. The van der Waals surface area contributed by atoms with E-state index in [2.05, 4.69) is 45.0 Å². The van der Waals surface area contributed by atoms with Crippen LogP contribution in [0.25, 0.3) is 0 Å². The Labute approximate surface area is 181 Å². The standard InChI is InChI=1S/C22H25ClN5OP/c1-14-17-12-16(9-8-15(17)10-11-24-14)26-22-25-13-18(23)21(28-22)27-19-6-4-5-7-20(19)30(2,3)29/h4-9,12-14,24H,10-11H2,1-3H3,(H2,25,26,27,28). The molecule has 8 heteroatoms. The molecule has 0 saturated heterocycles. The topological polar surface area (TPSA) is 78.9 Å². The zero-order valence-corrected chi connectivity index (χ0v) is 18.9. The SMILES string of the molecule is CC1NCCc2ccc(Nc3ncc(Cl)c(Nc4ccccc4P(C)(C)=O)n3)cc21. The van der Waals surface area contributed by atoms with Crippen molar-refractivity contribution in [2.75, 3.05) is 30.5 Å². The van der Waals surface area contributed by atoms with Gasteiger partial charge in [0.15, 0.2) is 5.82 Å². The van der Waals surface area contributed by atoms with Crippen molar-refractivity contribution in [2.45, 2.75) is 19.4 Å². The second-order valence-electron chi connectivity index (χ2n) is 7.85. The lowest BCUT2D eigenvalue weighted by Crippen LogP contribution is -2.27. The number of rotatable bonds is 5. The molecule has 0 radical (unpaired) electrons. The Kier molecular flexibility index (Phi) is 5.83. The van der Waals surface area contributed by atoms with Crippen LogP contribution in [0.15, 0.2) is 48.7 Å². The first-order chi connectivity index (χ1) is 14.3. The summed E-state index contributed by atoms with van der Waals surface area (Å²) in [7, 11) is -2.46. The predicted octanol–water partition coefficient (Wildman–Crippen LogP) is 5.07. The molecule has 30 heavy (non-hydrogen) atoms. The van der Waals surface area contributed by atoms with Crippen LogP contribution in [-0.2, 0) is 11.0 Å². The Morgan fingerprint density at radius 3 is 2.77 bits per heavy atom. The van der Waals surface area contributed by atoms with E-state index < -0.39 is 7.14 Å². The lowest BCUT2D eigenvalue weighted by Gasteiger charge is -2.24. The number of hydrogen-bond donors (Lipinski definition) is 3. The second kappa shape index (κ2) is 8.38. The highest BCUT2D eigenvalue weighted by Gasteiger charge is 2.18. The fraction of sp³-hybridized carbons (Fsp3) is 0.273. The summed E-state index contributed by atoms with van der Waals surface area (Å²) in [6.07, 6.45) is 2.59. The minimum absolute atomic E-state index is 0.314. The van der Waals surface area contributed by atoms with Gasteiger partial charge in [-0.1, -0.05) is 29.8 Å². The zero-order valence-electron chi connectivity index (χ0n) is 17.2. The summed E-state index contributed by atoms with van der Waals surface area (Å²) in [4.78, 5) is 8.86. The molecule has 0 saturated carbocycles. The third kappa shape index (κ3) is 4.51. The Balaban J connectivity index is 1.61. The lowest BCUT2D eigenvalue weighted by atomic mass is 9.95. The van der Waals surface area contributed by atoms with Gasteiger partial charge in [-0.25, -0.2) is 4.98 Å². The first-order valence-corrected chi connectivity index (χ1v) is 12.9. The summed E-state index contributed by atoms with van der Waals surface area (Å²) >= 11 is 6.34. The van der Waals surface area contributed by atoms with Crippen LogP contribution >= 0.6 is 18.7 Å². The van der Waals surface area contributed by atoms with E-state index >= 15 is 0 Å². The average Bonchev–Trinajstić information content (AvgIpc) is 2.71. The van der Waals surface area contributed by atoms with Crippen molar-refractivity contribution in [3.63, 3.8) is 0 Å². The molecular formula is C22H25ClN5OP. The number of aromatic nitrogens is 2. The van der Waals surface area contributed by atoms with Crippen molar-refractivity contribution < 1.29 is 4.57 Å². The van der Waals surface area contributed by atoms with E-state index in [0.29, 0.717) is 22.8 Å². The molecule has 6 nitrogen and oxygen atoms in total. The van der Waals surface area contributed by atoms with Gasteiger partial charge in [0, 0.05) is 17.0 Å². The maximum Gasteiger partial charge on any atom is 0.229 e. The van der Waals surface area contributed by atoms with E-state index in [9.17, 15) is 4.57 Å². The Hall–Kier alpha value is -2.40. The maximum atomic E-state index is 12.6. The second-order valence-corrected chi connectivity index (χ2v) is 11.4. The molecule has 0 bridgehead atoms. The van der Waals surface area contributed by atoms with Gasteiger partial charge in [-0.3, -0.25) is 0 Å². The molecule has 1 aliphatic rings. The van der Waals surface area contributed by atoms with E-state index in [-0.39, 0.29) is 0 Å². The highest BCUT2D eigenvalue weighted by atomic mass is 35.5. The van der Waals surface area contributed by atoms with Crippen molar-refractivity contribution in [3.8, 4) is 0 Å². The normalized spacial score (nSPS) is 16.1. The van der Waals surface area contributed by atoms with Crippen LogP contribution in [-0.4, -0.2) is 29.8 Å². The van der Waals surface area contributed by atoms with Gasteiger partial charge in [0.2, 0.25) is 5.95 Å². The molecule has 2 aromatic carbocycles. The Bertz CT molecular complexity index is 1130. The first kappa shape index (κ1) is 20.9. The van der Waals surface area contributed by atoms with Gasteiger partial charge in [-0.15, -0.1) is 0 Å². The number of halogens is 1. The Morgan fingerprint density at radius 2 is 1.97 bits per heavy atom. The van der Waals surface area contributed by atoms with Gasteiger partial charge in [0.05, 0.1) is 11.9 Å². The van der Waals surface area contributed by atoms with Crippen molar-refractivity contribution in [1.29, 1.82) is 0 Å². The summed E-state index contributed by atoms with van der Waals surface area (Å²) in [6, 6.07) is 14.1. The first-order valence-electron chi connectivity index (χ1n) is 9.88. The number of anilines is 4. The molecule has 0 spiro atoms. The summed E-state index contributed by atoms with van der Waals surface area (Å²) < 4.78 is 12.6. The molecule has 1 aliphatic heterocycles. The fourth-order valence-electron chi connectivity index (χ4n) is 3.66. The predicted molar refractivity (Wildman–Crippen MR) is 126 cm³/mol. The van der Waals surface area contributed by atoms with Crippen molar-refractivity contribution in [3.05, 3.63) is 64.8 Å². The third-order valence-electron chi connectivity index (χ3n) is 5.19. The number of fused-ring (bicyclic) bond motifs is 1. The average molecular weight is 442 g/mol. The van der Waals surface area contributed by atoms with Crippen LogP contribution < -0.4 is 21.3 Å². The molecule has 0 fully saturated rings. The molecule has 1 atom stereocenters. The minimum atomic E-state index is -2.46. The summed E-state index contributed by atoms with van der Waals surface area (Å²) in [5.74, 6) is 0.898. The van der Waals surface area contributed by atoms with Gasteiger partial charge in [-0.2, -0.15) is 4.98 Å². The number of nitrogens with zero attached hydrogens (tertiary/aromatic N) is 2. The highest BCUT2D eigenvalue weighted by molar-refractivity contribution is 7.70. The monoisotopic (exact) mass is 441 g/mol. The zero-order chi connectivity index (χ0) is 21.3. The van der Waals surface area contributed by atoms with Crippen LogP contribution in [0.3, 0.4) is 0 Å². The summed E-state index contributed by atoms with van der Waals surface area (Å²) in [5.41, 5.74) is 4.30. The van der Waals surface area contributed by atoms with Crippen molar-refractivity contribution in [2.24, 2.45) is 0 Å². The van der Waals surface area contributed by atoms with E-state index in [1.807, 2.05) is 30.3 Å². The maximum absolute atomic E-state index is 12.6. The van der Waals surface area contributed by atoms with Gasteiger partial charge in [-0.05, 0) is 68.6 Å². The molecule has 1 aromatic heterocycles. The molecule has 0 amide bonds. The van der Waals surface area contributed by atoms with Crippen LogP contribution in [0, 0.1) is 0 Å². The van der Waals surface area contributed by atoms with Crippen molar-refractivity contribution in [1.82, 2.24) is 15.3 Å². The molecule has 156 valence electrons. The van der Waals surface area contributed by atoms with Crippen LogP contribution in [0.5, 0.6) is 0 Å². The highest BCUT2D eigenvalue weighted by Crippen LogP contribution is 2.38. The number of para-hydroxylation sites is 1. The van der Waals surface area contributed by atoms with Gasteiger partial charge in [0.1, 0.15) is 12.2 Å². The smallest absolute Gasteiger partial charge is 0.229 e. The largest absolute Gasteiger partial charge is 0.338 e. The summed E-state index contributed by atoms with van der Waals surface area (Å²) in [5, 5.41) is 11.1. The van der Waals surface area contributed by atoms with Crippen LogP contribution in [0.1, 0.15) is 24.1 Å². The van der Waals surface area contributed by atoms with E-state index in [1.165, 1.54) is 11.1 Å². The molecule has 3 N–H and O–H groups in total. The molecule has 1 unspecified atom stereocenters. The number of benzene rings is 2. The summed E-state index contributed by atoms with van der Waals surface area (Å²) in [6.45, 7) is 6.66. The molecule has 4 rings (SSSR count). The number of hydrogen-bond acceptors (Lipinski definition) is 6. The van der Waals surface area contributed by atoms with E-state index in [1.54, 1.807) is 19.5 Å². The van der Waals surface area contributed by atoms with Crippen LogP contribution in [0.4, 0.5) is 23.1 Å². The van der Waals surface area contributed by atoms with E-state index in [0.717, 1.165) is 29.6 Å². The quantitative estimate of drug-likeness (QED) is 0.480. The Morgan fingerprint density at radius 1 is 1.17 bits per heavy atom. The van der Waals surface area contributed by atoms with Gasteiger partial charge in [0.25, 0.3) is 0 Å². The molecule has 3 aromatic rings. The lowest BCUT2D eigenvalue weighted by molar-refractivity contribution is 0.541. The van der Waals surface area contributed by atoms with Crippen LogP contribution in [0.2, 0.25) is 5.02 Å².